The molecule has 0 N–H and O–H groups in total. The lowest BCUT2D eigenvalue weighted by Crippen LogP contribution is -2.19. The number of rotatable bonds is 4. The first-order chi connectivity index (χ1) is 10.2. The molecule has 0 bridgehead atoms. The van der Waals surface area contributed by atoms with E-state index in [9.17, 15) is 0 Å². The molecule has 3 rings (SSSR count). The Hall–Kier alpha value is -2.01. The molecule has 1 atom stereocenters. The van der Waals surface area contributed by atoms with Gasteiger partial charge in [-0.05, 0) is 30.5 Å². The third-order valence-corrected chi connectivity index (χ3v) is 3.96. The Morgan fingerprint density at radius 2 is 2.29 bits per heavy atom. The number of ether oxygens (including phenoxy) is 1. The quantitative estimate of drug-likeness (QED) is 0.862. The predicted octanol–water partition coefficient (Wildman–Crippen LogP) is 2.32. The lowest BCUT2D eigenvalue weighted by molar-refractivity contribution is 0.193. The molecule has 1 unspecified atom stereocenters. The summed E-state index contributed by atoms with van der Waals surface area (Å²) in [6, 6.07) is 4.13. The lowest BCUT2D eigenvalue weighted by Gasteiger charge is -2.20. The SMILES string of the molecule is Cc1cnccc1CN(C)c1cc(C2CCOC2)ncn1. The van der Waals surface area contributed by atoms with E-state index in [1.165, 1.54) is 11.1 Å². The largest absolute Gasteiger partial charge is 0.381 e. The second kappa shape index (κ2) is 6.18. The van der Waals surface area contributed by atoms with Gasteiger partial charge in [-0.25, -0.2) is 9.97 Å². The van der Waals surface area contributed by atoms with Gasteiger partial charge in [-0.3, -0.25) is 4.98 Å². The van der Waals surface area contributed by atoms with Gasteiger partial charge in [-0.2, -0.15) is 0 Å². The van der Waals surface area contributed by atoms with Gasteiger partial charge in [0.25, 0.3) is 0 Å². The summed E-state index contributed by atoms with van der Waals surface area (Å²) in [6.45, 7) is 4.49. The minimum absolute atomic E-state index is 0.405. The molecule has 21 heavy (non-hydrogen) atoms. The standard InChI is InChI=1S/C16H20N4O/c1-12-8-17-5-3-13(12)9-20(2)16-7-15(18-11-19-16)14-4-6-21-10-14/h3,5,7-8,11,14H,4,6,9-10H2,1-2H3. The normalized spacial score (nSPS) is 17.9. The average Bonchev–Trinajstić information content (AvgIpc) is 3.04. The summed E-state index contributed by atoms with van der Waals surface area (Å²) in [6.07, 6.45) is 6.42. The van der Waals surface area contributed by atoms with Gasteiger partial charge in [-0.1, -0.05) is 0 Å². The van der Waals surface area contributed by atoms with Crippen molar-refractivity contribution in [3.63, 3.8) is 0 Å². The molecule has 1 aliphatic heterocycles. The zero-order valence-electron chi connectivity index (χ0n) is 12.5. The third-order valence-electron chi connectivity index (χ3n) is 3.96. The predicted molar refractivity (Wildman–Crippen MR) is 81.3 cm³/mol. The van der Waals surface area contributed by atoms with Crippen LogP contribution in [-0.4, -0.2) is 35.2 Å². The molecule has 5 nitrogen and oxygen atoms in total. The zero-order chi connectivity index (χ0) is 14.7. The molecule has 1 saturated heterocycles. The molecule has 3 heterocycles. The Kier molecular flexibility index (Phi) is 4.10. The van der Waals surface area contributed by atoms with Gasteiger partial charge < -0.3 is 9.64 Å². The summed E-state index contributed by atoms with van der Waals surface area (Å²) in [7, 11) is 2.05. The highest BCUT2D eigenvalue weighted by atomic mass is 16.5. The minimum Gasteiger partial charge on any atom is -0.381 e. The second-order valence-corrected chi connectivity index (χ2v) is 5.52. The molecule has 0 spiro atoms. The van der Waals surface area contributed by atoms with Crippen LogP contribution in [0.15, 0.2) is 30.9 Å². The molecule has 0 amide bonds. The van der Waals surface area contributed by atoms with Crippen molar-refractivity contribution in [2.45, 2.75) is 25.8 Å². The van der Waals surface area contributed by atoms with E-state index in [2.05, 4.69) is 46.0 Å². The summed E-state index contributed by atoms with van der Waals surface area (Å²) in [5, 5.41) is 0. The summed E-state index contributed by atoms with van der Waals surface area (Å²) in [5.74, 6) is 1.35. The van der Waals surface area contributed by atoms with E-state index in [4.69, 9.17) is 4.74 Å². The summed E-state index contributed by atoms with van der Waals surface area (Å²) < 4.78 is 5.44. The van der Waals surface area contributed by atoms with E-state index >= 15 is 0 Å². The fraction of sp³-hybridized carbons (Fsp3) is 0.438. The molecule has 0 radical (unpaired) electrons. The van der Waals surface area contributed by atoms with Gasteiger partial charge >= 0.3 is 0 Å². The number of anilines is 1. The number of hydrogen-bond acceptors (Lipinski definition) is 5. The van der Waals surface area contributed by atoms with Crippen LogP contribution in [0.5, 0.6) is 0 Å². The van der Waals surface area contributed by atoms with Crippen LogP contribution in [0.2, 0.25) is 0 Å². The van der Waals surface area contributed by atoms with Gasteiger partial charge in [0.1, 0.15) is 12.1 Å². The van der Waals surface area contributed by atoms with Crippen LogP contribution < -0.4 is 4.90 Å². The van der Waals surface area contributed by atoms with Gasteiger partial charge in [-0.15, -0.1) is 0 Å². The first-order valence-corrected chi connectivity index (χ1v) is 7.24. The van der Waals surface area contributed by atoms with Gasteiger partial charge in [0, 0.05) is 44.6 Å². The Morgan fingerprint density at radius 1 is 1.38 bits per heavy atom. The number of aromatic nitrogens is 3. The fourth-order valence-corrected chi connectivity index (χ4v) is 2.58. The number of hydrogen-bond donors (Lipinski definition) is 0. The summed E-state index contributed by atoms with van der Waals surface area (Å²) in [4.78, 5) is 15.1. The van der Waals surface area contributed by atoms with Crippen molar-refractivity contribution in [1.29, 1.82) is 0 Å². The van der Waals surface area contributed by atoms with E-state index in [1.54, 1.807) is 6.33 Å². The molecule has 110 valence electrons. The van der Waals surface area contributed by atoms with Crippen LogP contribution >= 0.6 is 0 Å². The van der Waals surface area contributed by atoms with Crippen LogP contribution in [0.1, 0.15) is 29.2 Å². The Labute approximate surface area is 125 Å². The first kappa shape index (κ1) is 13.9. The van der Waals surface area contributed by atoms with Crippen molar-refractivity contribution in [2.75, 3.05) is 25.2 Å². The molecule has 2 aromatic rings. The number of nitrogens with zero attached hydrogens (tertiary/aromatic N) is 4. The molecule has 5 heteroatoms. The van der Waals surface area contributed by atoms with Gasteiger partial charge in [0.15, 0.2) is 0 Å². The summed E-state index contributed by atoms with van der Waals surface area (Å²) >= 11 is 0. The molecule has 2 aromatic heterocycles. The van der Waals surface area contributed by atoms with E-state index in [1.807, 2.05) is 12.4 Å². The maximum absolute atomic E-state index is 5.44. The van der Waals surface area contributed by atoms with Gasteiger partial charge in [0.2, 0.25) is 0 Å². The van der Waals surface area contributed by atoms with E-state index in [0.717, 1.165) is 37.7 Å². The van der Waals surface area contributed by atoms with Crippen LogP contribution in [0.25, 0.3) is 0 Å². The van der Waals surface area contributed by atoms with Crippen molar-refractivity contribution >= 4 is 5.82 Å². The summed E-state index contributed by atoms with van der Waals surface area (Å²) in [5.41, 5.74) is 3.54. The molecule has 0 aliphatic carbocycles. The molecular formula is C16H20N4O. The van der Waals surface area contributed by atoms with Crippen molar-refractivity contribution < 1.29 is 4.74 Å². The molecule has 0 saturated carbocycles. The minimum atomic E-state index is 0.405. The van der Waals surface area contributed by atoms with Crippen molar-refractivity contribution in [2.24, 2.45) is 0 Å². The van der Waals surface area contributed by atoms with Crippen LogP contribution in [-0.2, 0) is 11.3 Å². The van der Waals surface area contributed by atoms with E-state index in [-0.39, 0.29) is 0 Å². The number of aryl methyl sites for hydroxylation is 1. The molecular weight excluding hydrogens is 264 g/mol. The van der Waals surface area contributed by atoms with Crippen molar-refractivity contribution in [1.82, 2.24) is 15.0 Å². The van der Waals surface area contributed by atoms with E-state index < -0.39 is 0 Å². The number of pyridine rings is 1. The second-order valence-electron chi connectivity index (χ2n) is 5.52. The Morgan fingerprint density at radius 3 is 3.05 bits per heavy atom. The van der Waals surface area contributed by atoms with Crippen molar-refractivity contribution in [3.05, 3.63) is 47.7 Å². The van der Waals surface area contributed by atoms with Crippen molar-refractivity contribution in [3.8, 4) is 0 Å². The zero-order valence-corrected chi connectivity index (χ0v) is 12.5. The topological polar surface area (TPSA) is 51.1 Å². The fourth-order valence-electron chi connectivity index (χ4n) is 2.58. The monoisotopic (exact) mass is 284 g/mol. The van der Waals surface area contributed by atoms with Crippen LogP contribution in [0, 0.1) is 6.92 Å². The van der Waals surface area contributed by atoms with Gasteiger partial charge in [0.05, 0.1) is 12.3 Å². The average molecular weight is 284 g/mol. The maximum atomic E-state index is 5.44. The highest BCUT2D eigenvalue weighted by Gasteiger charge is 2.20. The van der Waals surface area contributed by atoms with Crippen LogP contribution in [0.3, 0.4) is 0 Å². The highest BCUT2D eigenvalue weighted by Crippen LogP contribution is 2.25. The third kappa shape index (κ3) is 3.19. The van der Waals surface area contributed by atoms with E-state index in [0.29, 0.717) is 5.92 Å². The molecule has 0 aromatic carbocycles. The smallest absolute Gasteiger partial charge is 0.132 e. The molecule has 1 fully saturated rings. The lowest BCUT2D eigenvalue weighted by atomic mass is 10.0. The Bertz CT molecular complexity index is 611. The first-order valence-electron chi connectivity index (χ1n) is 7.24. The highest BCUT2D eigenvalue weighted by molar-refractivity contribution is 5.40. The molecule has 1 aliphatic rings. The Balaban J connectivity index is 1.76. The maximum Gasteiger partial charge on any atom is 0.132 e. The van der Waals surface area contributed by atoms with Crippen LogP contribution in [0.4, 0.5) is 5.82 Å².